The number of piperazine rings is 1. The van der Waals surface area contributed by atoms with Crippen LogP contribution in [0.1, 0.15) is 11.4 Å². The fraction of sp³-hybridized carbons (Fsp3) is 0.375. The second kappa shape index (κ2) is 6.52. The first-order chi connectivity index (χ1) is 10.6. The van der Waals surface area contributed by atoms with Crippen molar-refractivity contribution in [3.05, 3.63) is 46.2 Å². The van der Waals surface area contributed by atoms with Gasteiger partial charge in [-0.3, -0.25) is 9.89 Å². The molecule has 116 valence electrons. The normalized spacial score (nSPS) is 15.2. The Bertz CT molecular complexity index is 662. The molecule has 0 atom stereocenters. The zero-order chi connectivity index (χ0) is 15.5. The van der Waals surface area contributed by atoms with Gasteiger partial charge in [-0.25, -0.2) is 0 Å². The number of hydrogen-bond donors (Lipinski definition) is 1. The number of nitrogens with zero attached hydrogens (tertiary/aromatic N) is 3. The van der Waals surface area contributed by atoms with Crippen LogP contribution in [-0.2, 0) is 11.2 Å². The van der Waals surface area contributed by atoms with E-state index in [1.54, 1.807) is 0 Å². The number of anilines is 1. The molecular weight excluding hydrogens is 344 g/mol. The van der Waals surface area contributed by atoms with Crippen LogP contribution in [0.5, 0.6) is 0 Å². The second-order valence-electron chi connectivity index (χ2n) is 5.57. The van der Waals surface area contributed by atoms with Gasteiger partial charge in [-0.1, -0.05) is 22.0 Å². The number of rotatable bonds is 3. The van der Waals surface area contributed by atoms with Gasteiger partial charge >= 0.3 is 0 Å². The zero-order valence-electron chi connectivity index (χ0n) is 12.6. The summed E-state index contributed by atoms with van der Waals surface area (Å²) in [6.07, 6.45) is 0.376. The van der Waals surface area contributed by atoms with Gasteiger partial charge < -0.3 is 9.80 Å². The van der Waals surface area contributed by atoms with Crippen molar-refractivity contribution >= 4 is 27.5 Å². The molecule has 22 heavy (non-hydrogen) atoms. The lowest BCUT2D eigenvalue weighted by Crippen LogP contribution is -2.49. The molecule has 0 unspecified atom stereocenters. The Balaban J connectivity index is 1.56. The SMILES string of the molecule is Cc1cc(CC(=O)N2CCN(c3cccc(Br)c3)CC2)n[nH]1. The summed E-state index contributed by atoms with van der Waals surface area (Å²) in [7, 11) is 0. The molecule has 1 aromatic carbocycles. The minimum absolute atomic E-state index is 0.153. The van der Waals surface area contributed by atoms with Crippen LogP contribution in [0.2, 0.25) is 0 Å². The topological polar surface area (TPSA) is 52.2 Å². The van der Waals surface area contributed by atoms with Crippen molar-refractivity contribution in [3.8, 4) is 0 Å². The standard InChI is InChI=1S/C16H19BrN4O/c1-12-9-14(19-18-12)11-16(22)21-7-5-20(6-8-21)15-4-2-3-13(17)10-15/h2-4,9-10H,5-8,11H2,1H3,(H,18,19). The highest BCUT2D eigenvalue weighted by molar-refractivity contribution is 9.10. The van der Waals surface area contributed by atoms with Gasteiger partial charge in [0, 0.05) is 42.0 Å². The third kappa shape index (κ3) is 3.50. The van der Waals surface area contributed by atoms with E-state index in [1.165, 1.54) is 5.69 Å². The number of H-pyrrole nitrogens is 1. The molecular formula is C16H19BrN4O. The van der Waals surface area contributed by atoms with Crippen LogP contribution in [0.15, 0.2) is 34.8 Å². The smallest absolute Gasteiger partial charge is 0.228 e. The van der Waals surface area contributed by atoms with Crippen LogP contribution in [0.3, 0.4) is 0 Å². The summed E-state index contributed by atoms with van der Waals surface area (Å²) < 4.78 is 1.08. The van der Waals surface area contributed by atoms with Gasteiger partial charge in [0.15, 0.2) is 0 Å². The number of benzene rings is 1. The van der Waals surface area contributed by atoms with Crippen molar-refractivity contribution < 1.29 is 4.79 Å². The lowest BCUT2D eigenvalue weighted by atomic mass is 10.2. The van der Waals surface area contributed by atoms with Crippen LogP contribution in [-0.4, -0.2) is 47.2 Å². The molecule has 1 amide bonds. The van der Waals surface area contributed by atoms with Crippen molar-refractivity contribution in [2.45, 2.75) is 13.3 Å². The number of nitrogens with one attached hydrogen (secondary N) is 1. The maximum Gasteiger partial charge on any atom is 0.228 e. The summed E-state index contributed by atoms with van der Waals surface area (Å²) >= 11 is 3.50. The van der Waals surface area contributed by atoms with Crippen molar-refractivity contribution in [2.75, 3.05) is 31.1 Å². The Kier molecular flexibility index (Phi) is 4.47. The Morgan fingerprint density at radius 2 is 2.05 bits per heavy atom. The highest BCUT2D eigenvalue weighted by Gasteiger charge is 2.22. The van der Waals surface area contributed by atoms with E-state index >= 15 is 0 Å². The quantitative estimate of drug-likeness (QED) is 0.911. The van der Waals surface area contributed by atoms with Crippen molar-refractivity contribution in [1.29, 1.82) is 0 Å². The first-order valence-corrected chi connectivity index (χ1v) is 8.20. The molecule has 0 aliphatic carbocycles. The summed E-state index contributed by atoms with van der Waals surface area (Å²) in [5.74, 6) is 0.153. The van der Waals surface area contributed by atoms with Crippen molar-refractivity contribution in [1.82, 2.24) is 15.1 Å². The molecule has 1 aliphatic heterocycles. The minimum Gasteiger partial charge on any atom is -0.368 e. The van der Waals surface area contributed by atoms with Crippen molar-refractivity contribution in [2.24, 2.45) is 0 Å². The predicted octanol–water partition coefficient (Wildman–Crippen LogP) is 2.37. The highest BCUT2D eigenvalue weighted by Crippen LogP contribution is 2.21. The predicted molar refractivity (Wildman–Crippen MR) is 90.0 cm³/mol. The Morgan fingerprint density at radius 1 is 1.27 bits per heavy atom. The summed E-state index contributed by atoms with van der Waals surface area (Å²) in [5.41, 5.74) is 3.00. The van der Waals surface area contributed by atoms with Crippen LogP contribution in [0.4, 0.5) is 5.69 Å². The molecule has 2 aromatic rings. The fourth-order valence-electron chi connectivity index (χ4n) is 2.72. The van der Waals surface area contributed by atoms with Gasteiger partial charge in [0.2, 0.25) is 5.91 Å². The summed E-state index contributed by atoms with van der Waals surface area (Å²) in [6.45, 7) is 5.19. The fourth-order valence-corrected chi connectivity index (χ4v) is 3.11. The maximum absolute atomic E-state index is 12.3. The largest absolute Gasteiger partial charge is 0.368 e. The molecule has 1 saturated heterocycles. The van der Waals surface area contributed by atoms with E-state index in [-0.39, 0.29) is 5.91 Å². The first kappa shape index (κ1) is 15.1. The van der Waals surface area contributed by atoms with Gasteiger partial charge in [-0.2, -0.15) is 5.10 Å². The van der Waals surface area contributed by atoms with E-state index in [1.807, 2.05) is 30.0 Å². The molecule has 6 heteroatoms. The number of aryl methyl sites for hydroxylation is 1. The molecule has 1 N–H and O–H groups in total. The third-order valence-corrected chi connectivity index (χ3v) is 4.39. The summed E-state index contributed by atoms with van der Waals surface area (Å²) in [6, 6.07) is 10.2. The average molecular weight is 363 g/mol. The average Bonchev–Trinajstić information content (AvgIpc) is 2.92. The van der Waals surface area contributed by atoms with Crippen LogP contribution in [0, 0.1) is 6.92 Å². The van der Waals surface area contributed by atoms with E-state index in [2.05, 4.69) is 43.2 Å². The number of carbonyl (C=O) groups excluding carboxylic acids is 1. The maximum atomic E-state index is 12.3. The summed E-state index contributed by atoms with van der Waals surface area (Å²) in [4.78, 5) is 16.6. The van der Waals surface area contributed by atoms with E-state index in [4.69, 9.17) is 0 Å². The number of aromatic nitrogens is 2. The molecule has 1 fully saturated rings. The third-order valence-electron chi connectivity index (χ3n) is 3.90. The summed E-state index contributed by atoms with van der Waals surface area (Å²) in [5, 5.41) is 7.01. The monoisotopic (exact) mass is 362 g/mol. The lowest BCUT2D eigenvalue weighted by molar-refractivity contribution is -0.130. The van der Waals surface area contributed by atoms with E-state index in [9.17, 15) is 4.79 Å². The zero-order valence-corrected chi connectivity index (χ0v) is 14.1. The number of amides is 1. The highest BCUT2D eigenvalue weighted by atomic mass is 79.9. The minimum atomic E-state index is 0.153. The Morgan fingerprint density at radius 3 is 2.68 bits per heavy atom. The molecule has 0 spiro atoms. The molecule has 1 aromatic heterocycles. The first-order valence-electron chi connectivity index (χ1n) is 7.41. The molecule has 3 rings (SSSR count). The van der Waals surface area contributed by atoms with E-state index in [0.29, 0.717) is 6.42 Å². The molecule has 0 bridgehead atoms. The number of hydrogen-bond acceptors (Lipinski definition) is 3. The Hall–Kier alpha value is -1.82. The van der Waals surface area contributed by atoms with Gasteiger partial charge in [0.1, 0.15) is 0 Å². The lowest BCUT2D eigenvalue weighted by Gasteiger charge is -2.36. The van der Waals surface area contributed by atoms with Crippen molar-refractivity contribution in [3.63, 3.8) is 0 Å². The number of aromatic amines is 1. The number of carbonyl (C=O) groups is 1. The van der Waals surface area contributed by atoms with E-state index in [0.717, 1.165) is 42.0 Å². The molecule has 2 heterocycles. The number of halogens is 1. The van der Waals surface area contributed by atoms with Crippen LogP contribution in [0.25, 0.3) is 0 Å². The van der Waals surface area contributed by atoms with Crippen LogP contribution >= 0.6 is 15.9 Å². The Labute approximate surface area is 138 Å². The van der Waals surface area contributed by atoms with Gasteiger partial charge in [0.25, 0.3) is 0 Å². The molecule has 0 saturated carbocycles. The second-order valence-corrected chi connectivity index (χ2v) is 6.48. The van der Waals surface area contributed by atoms with Gasteiger partial charge in [-0.05, 0) is 31.2 Å². The molecule has 1 aliphatic rings. The van der Waals surface area contributed by atoms with Gasteiger partial charge in [0.05, 0.1) is 12.1 Å². The van der Waals surface area contributed by atoms with Crippen LogP contribution < -0.4 is 4.90 Å². The van der Waals surface area contributed by atoms with E-state index < -0.39 is 0 Å². The van der Waals surface area contributed by atoms with Gasteiger partial charge in [-0.15, -0.1) is 0 Å². The molecule has 0 radical (unpaired) electrons. The molecule has 5 nitrogen and oxygen atoms in total.